The van der Waals surface area contributed by atoms with Crippen LogP contribution in [0.4, 0.5) is 10.7 Å². The number of carbonyl (C=O) groups is 3. The summed E-state index contributed by atoms with van der Waals surface area (Å²) in [4.78, 5) is 37.6. The normalized spacial score (nSPS) is 15.0. The molecule has 2 amide bonds. The number of methoxy groups -OCH3 is 1. The van der Waals surface area contributed by atoms with Crippen molar-refractivity contribution < 1.29 is 23.9 Å². The highest BCUT2D eigenvalue weighted by molar-refractivity contribution is 7.99. The highest BCUT2D eigenvalue weighted by Gasteiger charge is 2.28. The number of thiophene rings is 1. The number of rotatable bonds is 8. The largest absolute Gasteiger partial charge is 0.484 e. The Labute approximate surface area is 189 Å². The second-order valence-electron chi connectivity index (χ2n) is 7.39. The molecule has 0 saturated carbocycles. The van der Waals surface area contributed by atoms with Crippen LogP contribution in [0.1, 0.15) is 34.1 Å². The zero-order chi connectivity index (χ0) is 22.4. The molecule has 1 aliphatic rings. The Morgan fingerprint density at radius 3 is 2.58 bits per heavy atom. The predicted molar refractivity (Wildman–Crippen MR) is 124 cm³/mol. The number of thioether (sulfide) groups is 1. The van der Waals surface area contributed by atoms with Crippen molar-refractivity contribution in [2.24, 2.45) is 5.92 Å². The van der Waals surface area contributed by atoms with E-state index in [0.29, 0.717) is 33.7 Å². The maximum Gasteiger partial charge on any atom is 0.341 e. The first-order valence-electron chi connectivity index (χ1n) is 9.95. The molecule has 0 radical (unpaired) electrons. The van der Waals surface area contributed by atoms with E-state index < -0.39 is 5.97 Å². The summed E-state index contributed by atoms with van der Waals surface area (Å²) in [7, 11) is 1.35. The van der Waals surface area contributed by atoms with E-state index in [0.717, 1.165) is 29.7 Å². The quantitative estimate of drug-likeness (QED) is 0.577. The van der Waals surface area contributed by atoms with Crippen molar-refractivity contribution in [3.63, 3.8) is 0 Å². The minimum Gasteiger partial charge on any atom is -0.484 e. The molecular formula is C22H26N2O5S2. The molecule has 0 fully saturated rings. The first-order chi connectivity index (χ1) is 14.9. The second-order valence-corrected chi connectivity index (χ2v) is 9.36. The van der Waals surface area contributed by atoms with Gasteiger partial charge in [0.1, 0.15) is 10.8 Å². The predicted octanol–water partition coefficient (Wildman–Crippen LogP) is 3.98. The number of hydrogen-bond donors (Lipinski definition) is 2. The number of benzene rings is 1. The molecule has 0 aliphatic heterocycles. The van der Waals surface area contributed by atoms with Crippen molar-refractivity contribution >= 4 is 51.6 Å². The third kappa shape index (κ3) is 6.01. The average Bonchev–Trinajstić information content (AvgIpc) is 3.09. The molecule has 1 aliphatic carbocycles. The fourth-order valence-electron chi connectivity index (χ4n) is 3.43. The molecule has 7 nitrogen and oxygen atoms in total. The van der Waals surface area contributed by atoms with Crippen LogP contribution in [0, 0.1) is 5.92 Å². The standard InChI is InChI=1S/C22H26N2O5S2/c1-13-4-9-16-17(10-13)31-21(20(16)22(27)28-2)24-18(25)11-29-15-7-5-14(6-8-15)23-19(26)12-30-3/h5-8,13H,4,9-12H2,1-3H3,(H,23,26)(H,24,25). The average molecular weight is 463 g/mol. The SMILES string of the molecule is COC(=O)c1c(NC(=O)COc2ccc(NC(=O)CSC)cc2)sc2c1CCC(C)C2. The van der Waals surface area contributed by atoms with E-state index in [9.17, 15) is 14.4 Å². The molecule has 0 saturated heterocycles. The van der Waals surface area contributed by atoms with E-state index in [-0.39, 0.29) is 18.4 Å². The summed E-state index contributed by atoms with van der Waals surface area (Å²) in [6.45, 7) is 1.99. The van der Waals surface area contributed by atoms with Gasteiger partial charge in [0.25, 0.3) is 5.91 Å². The van der Waals surface area contributed by atoms with Crippen LogP contribution in [-0.4, -0.2) is 43.5 Å². The number of amides is 2. The number of esters is 1. The number of hydrogen-bond acceptors (Lipinski definition) is 7. The summed E-state index contributed by atoms with van der Waals surface area (Å²) >= 11 is 2.89. The maximum atomic E-state index is 12.5. The highest BCUT2D eigenvalue weighted by Crippen LogP contribution is 2.40. The van der Waals surface area contributed by atoms with Crippen molar-refractivity contribution in [1.82, 2.24) is 0 Å². The van der Waals surface area contributed by atoms with Crippen LogP contribution in [-0.2, 0) is 27.2 Å². The van der Waals surface area contributed by atoms with E-state index in [1.807, 2.05) is 6.26 Å². The van der Waals surface area contributed by atoms with Crippen LogP contribution in [0.25, 0.3) is 0 Å². The van der Waals surface area contributed by atoms with Gasteiger partial charge in [0.05, 0.1) is 18.4 Å². The van der Waals surface area contributed by atoms with Gasteiger partial charge in [-0.25, -0.2) is 4.79 Å². The Hall–Kier alpha value is -2.52. The summed E-state index contributed by atoms with van der Waals surface area (Å²) in [5.74, 6) is 0.589. The Balaban J connectivity index is 1.61. The van der Waals surface area contributed by atoms with Gasteiger partial charge in [-0.1, -0.05) is 6.92 Å². The molecule has 3 rings (SSSR count). The van der Waals surface area contributed by atoms with Crippen molar-refractivity contribution in [2.75, 3.05) is 36.4 Å². The Morgan fingerprint density at radius 2 is 1.90 bits per heavy atom. The van der Waals surface area contributed by atoms with Crippen LogP contribution in [0.15, 0.2) is 24.3 Å². The zero-order valence-electron chi connectivity index (χ0n) is 17.8. The minimum atomic E-state index is -0.428. The fourth-order valence-corrected chi connectivity index (χ4v) is 5.18. The molecule has 1 unspecified atom stereocenters. The lowest BCUT2D eigenvalue weighted by Gasteiger charge is -2.18. The Morgan fingerprint density at radius 1 is 1.16 bits per heavy atom. The van der Waals surface area contributed by atoms with Crippen LogP contribution < -0.4 is 15.4 Å². The van der Waals surface area contributed by atoms with E-state index in [1.165, 1.54) is 30.2 Å². The van der Waals surface area contributed by atoms with Crippen LogP contribution in [0.2, 0.25) is 0 Å². The molecule has 2 aromatic rings. The molecule has 2 N–H and O–H groups in total. The second kappa shape index (κ2) is 10.7. The molecule has 9 heteroatoms. The third-order valence-electron chi connectivity index (χ3n) is 4.94. The van der Waals surface area contributed by atoms with Gasteiger partial charge >= 0.3 is 5.97 Å². The molecule has 0 bridgehead atoms. The van der Waals surface area contributed by atoms with Gasteiger partial charge in [-0.05, 0) is 61.3 Å². The topological polar surface area (TPSA) is 93.7 Å². The monoisotopic (exact) mass is 462 g/mol. The number of anilines is 2. The van der Waals surface area contributed by atoms with Crippen molar-refractivity contribution in [2.45, 2.75) is 26.2 Å². The van der Waals surface area contributed by atoms with Crippen LogP contribution in [0.3, 0.4) is 0 Å². The summed E-state index contributed by atoms with van der Waals surface area (Å²) in [5.41, 5.74) is 2.12. The summed E-state index contributed by atoms with van der Waals surface area (Å²) in [6, 6.07) is 6.81. The Bertz CT molecular complexity index is 956. The summed E-state index contributed by atoms with van der Waals surface area (Å²) in [5, 5.41) is 6.11. The molecule has 1 aromatic carbocycles. The highest BCUT2D eigenvalue weighted by atomic mass is 32.2. The molecule has 1 aromatic heterocycles. The molecule has 1 atom stereocenters. The van der Waals surface area contributed by atoms with Crippen LogP contribution >= 0.6 is 23.1 Å². The van der Waals surface area contributed by atoms with Crippen molar-refractivity contribution in [3.05, 3.63) is 40.3 Å². The third-order valence-corrected chi connectivity index (χ3v) is 6.66. The van der Waals surface area contributed by atoms with Crippen molar-refractivity contribution in [1.29, 1.82) is 0 Å². The smallest absolute Gasteiger partial charge is 0.341 e. The Kier molecular flexibility index (Phi) is 7.97. The van der Waals surface area contributed by atoms with Crippen LogP contribution in [0.5, 0.6) is 5.75 Å². The van der Waals surface area contributed by atoms with Gasteiger partial charge in [-0.15, -0.1) is 11.3 Å². The van der Waals surface area contributed by atoms with E-state index in [4.69, 9.17) is 9.47 Å². The molecular weight excluding hydrogens is 436 g/mol. The summed E-state index contributed by atoms with van der Waals surface area (Å²) < 4.78 is 10.5. The zero-order valence-corrected chi connectivity index (χ0v) is 19.4. The number of ether oxygens (including phenoxy) is 2. The van der Waals surface area contributed by atoms with E-state index >= 15 is 0 Å². The van der Waals surface area contributed by atoms with E-state index in [1.54, 1.807) is 24.3 Å². The first kappa shape index (κ1) is 23.1. The molecule has 31 heavy (non-hydrogen) atoms. The maximum absolute atomic E-state index is 12.5. The number of nitrogens with one attached hydrogen (secondary N) is 2. The first-order valence-corrected chi connectivity index (χ1v) is 12.2. The van der Waals surface area contributed by atoms with E-state index in [2.05, 4.69) is 17.6 Å². The van der Waals surface area contributed by atoms with Gasteiger partial charge in [0, 0.05) is 10.6 Å². The van der Waals surface area contributed by atoms with Gasteiger partial charge in [-0.2, -0.15) is 11.8 Å². The molecule has 0 spiro atoms. The lowest BCUT2D eigenvalue weighted by Crippen LogP contribution is -2.21. The number of fused-ring (bicyclic) bond motifs is 1. The molecule has 166 valence electrons. The fraction of sp³-hybridized carbons (Fsp3) is 0.409. The van der Waals surface area contributed by atoms with Crippen molar-refractivity contribution in [3.8, 4) is 5.75 Å². The molecule has 1 heterocycles. The minimum absolute atomic E-state index is 0.0741. The number of carbonyl (C=O) groups excluding carboxylic acids is 3. The van der Waals surface area contributed by atoms with Gasteiger partial charge in [-0.3, -0.25) is 9.59 Å². The lowest BCUT2D eigenvalue weighted by molar-refractivity contribution is -0.118. The lowest BCUT2D eigenvalue weighted by atomic mass is 9.88. The van der Waals surface area contributed by atoms with Gasteiger partial charge < -0.3 is 20.1 Å². The summed E-state index contributed by atoms with van der Waals surface area (Å²) in [6.07, 6.45) is 4.58. The van der Waals surface area contributed by atoms with Gasteiger partial charge in [0.2, 0.25) is 5.91 Å². The van der Waals surface area contributed by atoms with Gasteiger partial charge in [0.15, 0.2) is 6.61 Å².